The number of amides is 7. The molecule has 542 valence electrons. The van der Waals surface area contributed by atoms with Crippen molar-refractivity contribution in [1.82, 2.24) is 37.2 Å². The first-order chi connectivity index (χ1) is 47.6. The van der Waals surface area contributed by atoms with E-state index < -0.39 is 237 Å². The molecule has 0 saturated carbocycles. The second-order valence-corrected chi connectivity index (χ2v) is 26.7. The molecule has 101 heavy (non-hydrogen) atoms. The number of carboxylic acids is 1. The SMILES string of the molecule is CN[C@H](CC(C)C)C(=O)NC1C(=O)N[C@@H](CC(N)=O)C(=O)N[C@H]2C(=O)NC3C(=O)N[C@H](C(=O)N[C@@H](C(=O)O)c4cc(O)cc(O)c4-c4cc3ccc4O)[C@H](O)c3ccc(c(Cl)c3)Oc3cc2cc(c3OC2OC(O)(CO)CC(O)C2OC2CC(C)(N)C(O)C(C)O2)Oc2ccc(cc2Cl)[C@H]1O. The Morgan fingerprint density at radius 3 is 1.92 bits per heavy atom. The van der Waals surface area contributed by atoms with Crippen molar-refractivity contribution in [1.29, 1.82) is 0 Å². The van der Waals surface area contributed by atoms with Gasteiger partial charge in [0.2, 0.25) is 53.4 Å². The number of carbonyl (C=O) groups excluding carboxylic acids is 7. The van der Waals surface area contributed by atoms with Crippen molar-refractivity contribution in [2.24, 2.45) is 17.4 Å². The molecule has 11 bridgehead atoms. The number of hydrogen-bond donors (Lipinski definition) is 19. The van der Waals surface area contributed by atoms with Crippen LogP contribution in [0.1, 0.15) is 112 Å². The zero-order chi connectivity index (χ0) is 73.6. The standard InChI is InChI=1S/C66H75Cl2N9O24/c1-24(2)12-35(71-5)57(87)76-50-52(84)27-7-10-40(33(67)14-27)97-42-16-29-17-43(55(42)100-64-54(39(82)21-66(95,23-78)101-64)99-45-22-65(4,70)56(86)25(3)96-45)98-41-11-8-28(15-34(41)68)53(85)51-62(92)75-49(63(93)94)32-18-30(79)19-38(81)46(32)31-13-26(6-9-37(31)80)47(59(89)77-51)74-60(90)48(29)73-58(88)36(20-44(69)83)72-61(50)91/h6-11,13-19,24-25,35-36,39,45,47-54,56,64,71,78-82,84-86,95H,12,20-23,70H2,1-5H3,(H2,69,83)(H,72,91)(H,73,88)(H,74,90)(H,75,92)(H,76,87)(H,77,89)(H,93,94)/t25?,35-,36+,39?,45?,47?,48-,49-,50?,51+,52-,53-,54?,56?,64?,65?,66?/m1/s1. The Morgan fingerprint density at radius 2 is 1.34 bits per heavy atom. The molecular weight excluding hydrogens is 1370 g/mol. The number of ether oxygens (including phenoxy) is 6. The lowest BCUT2D eigenvalue weighted by atomic mass is 9.86. The highest BCUT2D eigenvalue weighted by Crippen LogP contribution is 2.50. The van der Waals surface area contributed by atoms with Gasteiger partial charge in [0.05, 0.1) is 47.4 Å². The highest BCUT2D eigenvalue weighted by atomic mass is 35.5. The number of aromatic hydroxyl groups is 3. The molecule has 2 saturated heterocycles. The molecule has 7 heterocycles. The molecule has 0 aliphatic carbocycles. The lowest BCUT2D eigenvalue weighted by Gasteiger charge is -2.47. The van der Waals surface area contributed by atoms with Gasteiger partial charge in [0.25, 0.3) is 0 Å². The van der Waals surface area contributed by atoms with E-state index in [1.807, 2.05) is 13.8 Å². The lowest BCUT2D eigenvalue weighted by Crippen LogP contribution is -2.63. The number of aliphatic hydroxyl groups excluding tert-OH is 5. The summed E-state index contributed by atoms with van der Waals surface area (Å²) in [6.07, 6.45) is -15.5. The number of likely N-dealkylation sites (N-methyl/N-ethyl adjacent to an activating group) is 1. The normalized spacial score (nSPS) is 29.4. The van der Waals surface area contributed by atoms with E-state index in [0.29, 0.717) is 0 Å². The molecule has 7 aliphatic rings. The number of carbonyl (C=O) groups is 8. The lowest BCUT2D eigenvalue weighted by molar-refractivity contribution is -0.374. The van der Waals surface area contributed by atoms with Crippen LogP contribution in [0.2, 0.25) is 10.0 Å². The second kappa shape index (κ2) is 29.8. The molecule has 7 aliphatic heterocycles. The number of nitrogens with two attached hydrogens (primary N) is 2. The number of aliphatic hydroxyl groups is 6. The van der Waals surface area contributed by atoms with Gasteiger partial charge in [-0.3, -0.25) is 33.6 Å². The summed E-state index contributed by atoms with van der Waals surface area (Å²) in [5, 5.41) is 131. The first kappa shape index (κ1) is 74.5. The van der Waals surface area contributed by atoms with Crippen molar-refractivity contribution in [2.75, 3.05) is 13.7 Å². The first-order valence-electron chi connectivity index (χ1n) is 31.6. The molecule has 5 aromatic carbocycles. The fraction of sp³-hybridized carbons (Fsp3) is 0.424. The van der Waals surface area contributed by atoms with Gasteiger partial charge in [0.15, 0.2) is 29.6 Å². The summed E-state index contributed by atoms with van der Waals surface area (Å²) in [7, 11) is 1.47. The summed E-state index contributed by atoms with van der Waals surface area (Å²) in [5.41, 5.74) is 7.99. The highest BCUT2D eigenvalue weighted by molar-refractivity contribution is 6.32. The number of nitrogens with one attached hydrogen (secondary N) is 7. The van der Waals surface area contributed by atoms with Crippen LogP contribution in [0.4, 0.5) is 0 Å². The van der Waals surface area contributed by atoms with E-state index in [-0.39, 0.29) is 46.2 Å². The minimum absolute atomic E-state index is 0.0990. The molecule has 33 nitrogen and oxygen atoms in total. The van der Waals surface area contributed by atoms with Crippen LogP contribution < -0.4 is 62.9 Å². The summed E-state index contributed by atoms with van der Waals surface area (Å²) in [4.78, 5) is 117. The molecule has 0 aromatic heterocycles. The Kier molecular flexibility index (Phi) is 22.0. The van der Waals surface area contributed by atoms with E-state index in [0.717, 1.165) is 66.7 Å². The highest BCUT2D eigenvalue weighted by Gasteiger charge is 2.52. The maximum atomic E-state index is 16.0. The van der Waals surface area contributed by atoms with Gasteiger partial charge in [-0.2, -0.15) is 0 Å². The third-order valence-electron chi connectivity index (χ3n) is 17.7. The zero-order valence-corrected chi connectivity index (χ0v) is 55.9. The quantitative estimate of drug-likeness (QED) is 0.0761. The topological polar surface area (TPSA) is 530 Å². The maximum Gasteiger partial charge on any atom is 0.330 e. The number of phenols is 3. The van der Waals surface area contributed by atoms with Crippen LogP contribution in [0.15, 0.2) is 78.9 Å². The van der Waals surface area contributed by atoms with Crippen LogP contribution in [-0.2, 0) is 52.6 Å². The van der Waals surface area contributed by atoms with Gasteiger partial charge >= 0.3 is 5.97 Å². The molecule has 10 unspecified atom stereocenters. The van der Waals surface area contributed by atoms with Gasteiger partial charge in [0.1, 0.15) is 77.3 Å². The van der Waals surface area contributed by atoms with Crippen LogP contribution in [0.5, 0.6) is 46.0 Å². The Labute approximate surface area is 584 Å². The molecule has 5 aromatic rings. The summed E-state index contributed by atoms with van der Waals surface area (Å²) >= 11 is 14.1. The van der Waals surface area contributed by atoms with Crippen LogP contribution in [0, 0.1) is 5.92 Å². The number of primary amides is 1. The van der Waals surface area contributed by atoms with E-state index >= 15 is 14.4 Å². The molecule has 0 radical (unpaired) electrons. The van der Waals surface area contributed by atoms with Crippen LogP contribution in [0.25, 0.3) is 11.1 Å². The average molecular weight is 1450 g/mol. The number of benzene rings is 5. The maximum absolute atomic E-state index is 16.0. The summed E-state index contributed by atoms with van der Waals surface area (Å²) in [6.45, 7) is 5.46. The number of rotatable bonds is 13. The third kappa shape index (κ3) is 16.0. The molecule has 0 spiro atoms. The van der Waals surface area contributed by atoms with E-state index in [9.17, 15) is 75.0 Å². The van der Waals surface area contributed by atoms with Gasteiger partial charge in [0, 0.05) is 41.1 Å². The van der Waals surface area contributed by atoms with Crippen molar-refractivity contribution in [2.45, 2.75) is 156 Å². The van der Waals surface area contributed by atoms with Crippen LogP contribution in [0.3, 0.4) is 0 Å². The van der Waals surface area contributed by atoms with Crippen LogP contribution >= 0.6 is 23.2 Å². The van der Waals surface area contributed by atoms with E-state index in [2.05, 4.69) is 37.2 Å². The summed E-state index contributed by atoms with van der Waals surface area (Å²) in [6, 6.07) is -0.783. The largest absolute Gasteiger partial charge is 0.508 e. The summed E-state index contributed by atoms with van der Waals surface area (Å²) < 4.78 is 38.2. The number of phenolic OH excluding ortho intramolecular Hbond substituents is 3. The molecule has 12 rings (SSSR count). The summed E-state index contributed by atoms with van der Waals surface area (Å²) in [5.74, 6) is -18.8. The molecular formula is C66H75Cl2N9O24. The first-order valence-corrected chi connectivity index (χ1v) is 32.4. The van der Waals surface area contributed by atoms with Gasteiger partial charge in [-0.15, -0.1) is 0 Å². The fourth-order valence-corrected chi connectivity index (χ4v) is 13.0. The van der Waals surface area contributed by atoms with E-state index in [1.54, 1.807) is 0 Å². The molecule has 2 fully saturated rings. The smallest absolute Gasteiger partial charge is 0.330 e. The van der Waals surface area contributed by atoms with Gasteiger partial charge < -0.3 is 128 Å². The minimum Gasteiger partial charge on any atom is -0.508 e. The van der Waals surface area contributed by atoms with Gasteiger partial charge in [-0.1, -0.05) is 55.2 Å². The van der Waals surface area contributed by atoms with Gasteiger partial charge in [-0.05, 0) is 110 Å². The Morgan fingerprint density at radius 1 is 0.733 bits per heavy atom. The van der Waals surface area contributed by atoms with Crippen molar-refractivity contribution in [3.63, 3.8) is 0 Å². The predicted molar refractivity (Wildman–Crippen MR) is 349 cm³/mol. The molecule has 7 amide bonds. The number of fused-ring (bicyclic) bond motifs is 15. The number of hydrogen-bond acceptors (Lipinski definition) is 25. The Hall–Kier alpha value is -9.20. The molecule has 17 atom stereocenters. The molecule has 35 heteroatoms. The number of carboxylic acid groups (broad SMARTS) is 1. The van der Waals surface area contributed by atoms with Crippen LogP contribution in [-0.4, -0.2) is 185 Å². The van der Waals surface area contributed by atoms with E-state index in [4.69, 9.17) is 63.1 Å². The monoisotopic (exact) mass is 1450 g/mol. The van der Waals surface area contributed by atoms with Crippen molar-refractivity contribution in [3.8, 4) is 57.1 Å². The van der Waals surface area contributed by atoms with Gasteiger partial charge in [-0.25, -0.2) is 4.79 Å². The van der Waals surface area contributed by atoms with Crippen molar-refractivity contribution >= 4 is 70.5 Å². The average Bonchev–Trinajstić information content (AvgIpc) is 0.708. The Bertz CT molecular complexity index is 4090. The molecule has 21 N–H and O–H groups in total. The number of halogens is 2. The predicted octanol–water partition coefficient (Wildman–Crippen LogP) is 0.455. The number of aliphatic carboxylic acids is 1. The van der Waals surface area contributed by atoms with Crippen molar-refractivity contribution < 1.29 is 118 Å². The van der Waals surface area contributed by atoms with E-state index in [1.165, 1.54) is 33.0 Å². The zero-order valence-electron chi connectivity index (χ0n) is 54.4. The third-order valence-corrected chi connectivity index (χ3v) is 18.3. The second-order valence-electron chi connectivity index (χ2n) is 25.9. The Balaban J connectivity index is 1.24. The fourth-order valence-electron chi connectivity index (χ4n) is 12.5. The van der Waals surface area contributed by atoms with Crippen molar-refractivity contribution in [3.05, 3.63) is 117 Å². The minimum atomic E-state index is -2.64.